The quantitative estimate of drug-likeness (QED) is 0.361. The van der Waals surface area contributed by atoms with Crippen LogP contribution in [0.3, 0.4) is 0 Å². The van der Waals surface area contributed by atoms with Crippen LogP contribution in [0.1, 0.15) is 0 Å². The van der Waals surface area contributed by atoms with E-state index >= 15 is 0 Å². The van der Waals surface area contributed by atoms with Crippen molar-refractivity contribution in [2.24, 2.45) is 0 Å². The van der Waals surface area contributed by atoms with Crippen molar-refractivity contribution in [3.63, 3.8) is 0 Å². The summed E-state index contributed by atoms with van der Waals surface area (Å²) >= 11 is 0. The number of hydrogen-bond donors (Lipinski definition) is 3. The van der Waals surface area contributed by atoms with E-state index in [0.29, 0.717) is 19.4 Å². The second kappa shape index (κ2) is 96.1. The Balaban J connectivity index is -0.0000000257. The Morgan fingerprint density at radius 2 is 0.700 bits per heavy atom. The molecule has 0 saturated heterocycles. The van der Waals surface area contributed by atoms with Gasteiger partial charge in [0.15, 0.2) is 0 Å². The van der Waals surface area contributed by atoms with Crippen LogP contribution in [0.15, 0.2) is 0 Å². The molecule has 0 aromatic heterocycles. The molecule has 0 aliphatic carbocycles. The maximum Gasteiger partial charge on any atom is 3.00 e. The second-order valence-corrected chi connectivity index (χ2v) is 0.274. The molecule has 0 aromatic rings. The first-order chi connectivity index (χ1) is 4.24. The Kier molecular flexibility index (Phi) is 221. The van der Waals surface area contributed by atoms with E-state index in [4.69, 9.17) is 29.7 Å². The van der Waals surface area contributed by atoms with Crippen LogP contribution in [-0.4, -0.2) is 34.7 Å². The Labute approximate surface area is 69.2 Å². The summed E-state index contributed by atoms with van der Waals surface area (Å²) in [7, 11) is 0. The Morgan fingerprint density at radius 1 is 0.700 bits per heavy atom. The van der Waals surface area contributed by atoms with Gasteiger partial charge in [-0.05, 0) is 0 Å². The van der Waals surface area contributed by atoms with Crippen LogP contribution in [0.25, 0.3) is 0 Å². The first kappa shape index (κ1) is 23.0. The predicted octanol–water partition coefficient (Wildman–Crippen LogP) is -1.17. The molecule has 59 valence electrons. The fourth-order valence-electron chi connectivity index (χ4n) is 0. The van der Waals surface area contributed by atoms with Crippen molar-refractivity contribution in [3.8, 4) is 0 Å². The minimum Gasteiger partial charge on any atom is -0.665 e. The fourth-order valence-corrected chi connectivity index (χ4v) is 0. The number of aliphatic hydroxyl groups excluding tert-OH is 3. The second-order valence-electron chi connectivity index (χ2n) is 0.274. The smallest absolute Gasteiger partial charge is 0.665 e. The molecule has 0 aliphatic heterocycles. The third-order valence-corrected chi connectivity index (χ3v) is 0. The third kappa shape index (κ3) is 274. The van der Waals surface area contributed by atoms with Crippen molar-refractivity contribution in [2.45, 2.75) is 0 Å². The summed E-state index contributed by atoms with van der Waals surface area (Å²) in [5.41, 5.74) is 0. The van der Waals surface area contributed by atoms with Gasteiger partial charge in [0.25, 0.3) is 0 Å². The number of hydrogen-bond acceptors (Lipinski definition) is 3. The van der Waals surface area contributed by atoms with Gasteiger partial charge >= 0.3 is 19.5 Å². The molecule has 7 heteroatoms. The Bertz CT molecular complexity index is 49.7. The van der Waals surface area contributed by atoms with Crippen molar-refractivity contribution >= 4 is 19.4 Å². The average molecular weight is 236 g/mol. The summed E-state index contributed by atoms with van der Waals surface area (Å²) in [6.07, 6.45) is 0. The van der Waals surface area contributed by atoms with Crippen molar-refractivity contribution in [1.29, 1.82) is 0 Å². The standard InChI is InChI=1S/3CHO2.Ru/c3*2-1-3;/h3*(H,2,3);/q3*-1;+3. The normalized spacial score (nSPS) is 3.60. The largest absolute Gasteiger partial charge is 3.00 e. The number of rotatable bonds is 0. The maximum atomic E-state index is 8.24. The van der Waals surface area contributed by atoms with Crippen LogP contribution in [0.4, 0.5) is 0 Å². The molecule has 0 heterocycles. The predicted molar refractivity (Wildman–Crippen MR) is 25.0 cm³/mol. The van der Waals surface area contributed by atoms with Gasteiger partial charge in [-0.25, -0.2) is 0 Å². The first-order valence-electron chi connectivity index (χ1n) is 1.28. The van der Waals surface area contributed by atoms with E-state index in [1.165, 1.54) is 0 Å². The third-order valence-electron chi connectivity index (χ3n) is 0. The van der Waals surface area contributed by atoms with Crippen LogP contribution in [0, 0.1) is 0 Å². The molecule has 0 unspecified atom stereocenters. The molecule has 1 radical (unpaired) electrons. The van der Waals surface area contributed by atoms with Crippen LogP contribution < -0.4 is 0 Å². The van der Waals surface area contributed by atoms with Crippen LogP contribution in [0.2, 0.25) is 0 Å². The van der Waals surface area contributed by atoms with Gasteiger partial charge in [0.05, 0.1) is 0 Å². The van der Waals surface area contributed by atoms with E-state index in [-0.39, 0.29) is 19.5 Å². The van der Waals surface area contributed by atoms with Crippen molar-refractivity contribution in [2.75, 3.05) is 0 Å². The molecule has 0 aliphatic rings. The van der Waals surface area contributed by atoms with Gasteiger partial charge < -0.3 is 29.7 Å². The first-order valence-corrected chi connectivity index (χ1v) is 1.28. The fraction of sp³-hybridized carbons (Fsp3) is 0. The summed E-state index contributed by atoms with van der Waals surface area (Å²) in [5, 5.41) is 20.3. The van der Waals surface area contributed by atoms with E-state index in [1.807, 2.05) is 0 Å². The summed E-state index contributed by atoms with van der Waals surface area (Å²) in [6, 6.07) is 0. The maximum absolute atomic E-state index is 8.24. The Hall–Kier alpha value is -0.967. The van der Waals surface area contributed by atoms with E-state index < -0.39 is 0 Å². The van der Waals surface area contributed by atoms with Crippen molar-refractivity contribution in [3.05, 3.63) is 0 Å². The zero-order valence-electron chi connectivity index (χ0n) is 4.42. The van der Waals surface area contributed by atoms with Gasteiger partial charge in [-0.1, -0.05) is 19.4 Å². The van der Waals surface area contributed by atoms with Crippen LogP contribution in [-0.2, 0) is 33.9 Å². The van der Waals surface area contributed by atoms with E-state index in [0.717, 1.165) is 0 Å². The topological polar surface area (TPSA) is 112 Å². The molecule has 3 N–H and O–H groups in total. The SMILES string of the molecule is O=[C-]O.O=[C-]O.O=[C-]O.[Ru+3]. The zero-order chi connectivity index (χ0) is 8.12. The van der Waals surface area contributed by atoms with Gasteiger partial charge in [0, 0.05) is 0 Å². The van der Waals surface area contributed by atoms with Crippen LogP contribution >= 0.6 is 0 Å². The minimum absolute atomic E-state index is 0. The summed E-state index contributed by atoms with van der Waals surface area (Å²) in [4.78, 5) is 24.7. The van der Waals surface area contributed by atoms with Crippen molar-refractivity contribution < 1.29 is 49.2 Å². The molecule has 0 aromatic carbocycles. The molecule has 0 spiro atoms. The van der Waals surface area contributed by atoms with Gasteiger partial charge in [-0.3, -0.25) is 0 Å². The molecular weight excluding hydrogens is 233 g/mol. The summed E-state index contributed by atoms with van der Waals surface area (Å²) in [6.45, 7) is 1.50. The van der Waals surface area contributed by atoms with E-state index in [9.17, 15) is 0 Å². The molecule has 0 amide bonds. The van der Waals surface area contributed by atoms with Gasteiger partial charge in [-0.15, -0.1) is 0 Å². The monoisotopic (exact) mass is 237 g/mol. The molecule has 0 atom stereocenters. The molecule has 0 rings (SSSR count). The van der Waals surface area contributed by atoms with E-state index in [1.54, 1.807) is 0 Å². The van der Waals surface area contributed by atoms with Gasteiger partial charge in [-0.2, -0.15) is 0 Å². The molecule has 6 nitrogen and oxygen atoms in total. The minimum atomic E-state index is 0. The molecule has 0 bridgehead atoms. The molecular formula is C3H3O6Ru. The van der Waals surface area contributed by atoms with E-state index in [2.05, 4.69) is 0 Å². The van der Waals surface area contributed by atoms with Crippen molar-refractivity contribution in [1.82, 2.24) is 0 Å². The average Bonchev–Trinajstić information content (AvgIpc) is 1.70. The summed E-state index contributed by atoms with van der Waals surface area (Å²) < 4.78 is 0. The van der Waals surface area contributed by atoms with Gasteiger partial charge in [0.2, 0.25) is 0 Å². The van der Waals surface area contributed by atoms with Gasteiger partial charge in [0.1, 0.15) is 0 Å². The zero-order valence-corrected chi connectivity index (χ0v) is 6.16. The summed E-state index contributed by atoms with van der Waals surface area (Å²) in [5.74, 6) is 0. The molecule has 0 fully saturated rings. The Morgan fingerprint density at radius 3 is 0.700 bits per heavy atom. The molecule has 10 heavy (non-hydrogen) atoms. The molecule has 0 saturated carbocycles. The van der Waals surface area contributed by atoms with Crippen LogP contribution in [0.5, 0.6) is 0 Å².